The quantitative estimate of drug-likeness (QED) is 0.648. The van der Waals surface area contributed by atoms with Crippen LogP contribution in [0.1, 0.15) is 44.7 Å². The average Bonchev–Trinajstić information content (AvgIpc) is 2.39. The Balaban J connectivity index is 2.12. The van der Waals surface area contributed by atoms with E-state index < -0.39 is 0 Å². The van der Waals surface area contributed by atoms with Gasteiger partial charge in [0.25, 0.3) is 0 Å². The van der Waals surface area contributed by atoms with Gasteiger partial charge < -0.3 is 10.1 Å². The molecule has 108 valence electrons. The lowest BCUT2D eigenvalue weighted by Crippen LogP contribution is -2.19. The van der Waals surface area contributed by atoms with Gasteiger partial charge in [0.2, 0.25) is 0 Å². The maximum absolute atomic E-state index is 5.51. The van der Waals surface area contributed by atoms with E-state index in [0.717, 1.165) is 38.6 Å². The molecule has 0 bridgehead atoms. The first-order chi connectivity index (χ1) is 9.22. The maximum Gasteiger partial charge on any atom is 0.0591 e. The van der Waals surface area contributed by atoms with Crippen LogP contribution in [0.2, 0.25) is 0 Å². The summed E-state index contributed by atoms with van der Waals surface area (Å²) in [6.45, 7) is 10.3. The van der Waals surface area contributed by atoms with Gasteiger partial charge in [-0.2, -0.15) is 0 Å². The second-order valence-electron chi connectivity index (χ2n) is 5.56. The Morgan fingerprint density at radius 1 is 1.05 bits per heavy atom. The fraction of sp³-hybridized carbons (Fsp3) is 0.647. The molecular formula is C17H29NO. The number of rotatable bonds is 10. The highest BCUT2D eigenvalue weighted by molar-refractivity contribution is 5.22. The number of hydrogen-bond acceptors (Lipinski definition) is 2. The molecule has 1 N–H and O–H groups in total. The first-order valence-electron chi connectivity index (χ1n) is 7.58. The number of ether oxygens (including phenoxy) is 1. The highest BCUT2D eigenvalue weighted by atomic mass is 16.5. The lowest BCUT2D eigenvalue weighted by Gasteiger charge is -2.08. The van der Waals surface area contributed by atoms with Gasteiger partial charge >= 0.3 is 0 Å². The summed E-state index contributed by atoms with van der Waals surface area (Å²) in [4.78, 5) is 0. The van der Waals surface area contributed by atoms with Crippen LogP contribution in [0.15, 0.2) is 24.3 Å². The van der Waals surface area contributed by atoms with Crippen LogP contribution in [0, 0.1) is 5.92 Å². The smallest absolute Gasteiger partial charge is 0.0591 e. The Labute approximate surface area is 118 Å². The zero-order valence-corrected chi connectivity index (χ0v) is 12.7. The van der Waals surface area contributed by atoms with Crippen molar-refractivity contribution in [3.05, 3.63) is 35.4 Å². The normalized spacial score (nSPS) is 11.2. The highest BCUT2D eigenvalue weighted by Crippen LogP contribution is 2.09. The summed E-state index contributed by atoms with van der Waals surface area (Å²) in [6.07, 6.45) is 3.53. The predicted octanol–water partition coefficient (Wildman–Crippen LogP) is 3.79. The van der Waals surface area contributed by atoms with Crippen molar-refractivity contribution in [1.82, 2.24) is 5.32 Å². The van der Waals surface area contributed by atoms with E-state index in [9.17, 15) is 0 Å². The molecule has 2 nitrogen and oxygen atoms in total. The van der Waals surface area contributed by atoms with Gasteiger partial charge in [-0.25, -0.2) is 0 Å². The molecule has 0 fully saturated rings. The molecule has 0 aromatic heterocycles. The average molecular weight is 263 g/mol. The van der Waals surface area contributed by atoms with Crippen LogP contribution in [-0.4, -0.2) is 19.8 Å². The molecule has 0 saturated carbocycles. The Morgan fingerprint density at radius 2 is 1.74 bits per heavy atom. The van der Waals surface area contributed by atoms with Gasteiger partial charge in [-0.1, -0.05) is 51.5 Å². The molecule has 0 saturated heterocycles. The molecule has 0 aliphatic rings. The fourth-order valence-electron chi connectivity index (χ4n) is 1.99. The Morgan fingerprint density at radius 3 is 2.37 bits per heavy atom. The van der Waals surface area contributed by atoms with E-state index in [-0.39, 0.29) is 0 Å². The van der Waals surface area contributed by atoms with Crippen molar-refractivity contribution in [1.29, 1.82) is 0 Å². The van der Waals surface area contributed by atoms with Crippen LogP contribution in [0.4, 0.5) is 0 Å². The molecular weight excluding hydrogens is 234 g/mol. The van der Waals surface area contributed by atoms with Crippen LogP contribution in [0.5, 0.6) is 0 Å². The lowest BCUT2D eigenvalue weighted by atomic mass is 10.0. The molecule has 2 heteroatoms. The summed E-state index contributed by atoms with van der Waals surface area (Å²) in [6, 6.07) is 8.94. The molecule has 0 amide bonds. The van der Waals surface area contributed by atoms with Crippen molar-refractivity contribution >= 4 is 0 Å². The van der Waals surface area contributed by atoms with E-state index in [4.69, 9.17) is 4.74 Å². The number of benzene rings is 1. The third-order valence-corrected chi connectivity index (χ3v) is 3.06. The van der Waals surface area contributed by atoms with Gasteiger partial charge in [0.15, 0.2) is 0 Å². The van der Waals surface area contributed by atoms with Gasteiger partial charge in [0, 0.05) is 19.7 Å². The minimum Gasteiger partial charge on any atom is -0.380 e. The van der Waals surface area contributed by atoms with E-state index in [2.05, 4.69) is 50.4 Å². The predicted molar refractivity (Wildman–Crippen MR) is 82.4 cm³/mol. The summed E-state index contributed by atoms with van der Waals surface area (Å²) in [5.74, 6) is 0.726. The minimum atomic E-state index is 0.726. The van der Waals surface area contributed by atoms with Gasteiger partial charge in [0.05, 0.1) is 6.61 Å². The molecule has 0 unspecified atom stereocenters. The van der Waals surface area contributed by atoms with E-state index in [1.165, 1.54) is 24.0 Å². The molecule has 1 aromatic rings. The minimum absolute atomic E-state index is 0.726. The number of nitrogens with one attached hydrogen (secondary N) is 1. The monoisotopic (exact) mass is 263 g/mol. The van der Waals surface area contributed by atoms with Crippen LogP contribution < -0.4 is 5.32 Å². The van der Waals surface area contributed by atoms with Crippen molar-refractivity contribution in [3.8, 4) is 0 Å². The van der Waals surface area contributed by atoms with E-state index in [0.29, 0.717) is 0 Å². The van der Waals surface area contributed by atoms with Crippen molar-refractivity contribution in [2.75, 3.05) is 19.8 Å². The lowest BCUT2D eigenvalue weighted by molar-refractivity contribution is 0.133. The number of unbranched alkanes of at least 4 members (excludes halogenated alkanes) is 1. The van der Waals surface area contributed by atoms with E-state index in [1.807, 2.05) is 0 Å². The zero-order chi connectivity index (χ0) is 13.9. The molecule has 0 aliphatic heterocycles. The molecule has 1 aromatic carbocycles. The summed E-state index contributed by atoms with van der Waals surface area (Å²) >= 11 is 0. The van der Waals surface area contributed by atoms with Crippen LogP contribution in [0.25, 0.3) is 0 Å². The van der Waals surface area contributed by atoms with E-state index >= 15 is 0 Å². The first kappa shape index (κ1) is 16.2. The van der Waals surface area contributed by atoms with E-state index in [1.54, 1.807) is 0 Å². The fourth-order valence-corrected chi connectivity index (χ4v) is 1.99. The summed E-state index contributed by atoms with van der Waals surface area (Å²) < 4.78 is 5.51. The SMILES string of the molecule is CCCCOCCNCc1ccc(CC(C)C)cc1. The Hall–Kier alpha value is -0.860. The third-order valence-electron chi connectivity index (χ3n) is 3.06. The van der Waals surface area contributed by atoms with Crippen molar-refractivity contribution in [3.63, 3.8) is 0 Å². The maximum atomic E-state index is 5.51. The molecule has 0 atom stereocenters. The molecule has 1 rings (SSSR count). The second kappa shape index (κ2) is 9.99. The zero-order valence-electron chi connectivity index (χ0n) is 12.7. The van der Waals surface area contributed by atoms with Gasteiger partial charge in [-0.05, 0) is 29.9 Å². The third kappa shape index (κ3) is 8.02. The highest BCUT2D eigenvalue weighted by Gasteiger charge is 1.98. The standard InChI is InChI=1S/C17H29NO/c1-4-5-11-19-12-10-18-14-17-8-6-16(7-9-17)13-15(2)3/h6-9,15,18H,4-5,10-14H2,1-3H3. The van der Waals surface area contributed by atoms with Crippen LogP contribution in [0.3, 0.4) is 0 Å². The van der Waals surface area contributed by atoms with Gasteiger partial charge in [-0.3, -0.25) is 0 Å². The Kier molecular flexibility index (Phi) is 8.52. The van der Waals surface area contributed by atoms with Crippen LogP contribution >= 0.6 is 0 Å². The van der Waals surface area contributed by atoms with Gasteiger partial charge in [-0.15, -0.1) is 0 Å². The topological polar surface area (TPSA) is 21.3 Å². The summed E-state index contributed by atoms with van der Waals surface area (Å²) in [7, 11) is 0. The van der Waals surface area contributed by atoms with Crippen LogP contribution in [-0.2, 0) is 17.7 Å². The largest absolute Gasteiger partial charge is 0.380 e. The Bertz CT molecular complexity index is 319. The summed E-state index contributed by atoms with van der Waals surface area (Å²) in [5.41, 5.74) is 2.78. The van der Waals surface area contributed by atoms with Crippen molar-refractivity contribution in [2.45, 2.75) is 46.6 Å². The number of hydrogen-bond donors (Lipinski definition) is 1. The second-order valence-corrected chi connectivity index (χ2v) is 5.56. The molecule has 0 spiro atoms. The van der Waals surface area contributed by atoms with Gasteiger partial charge in [0.1, 0.15) is 0 Å². The summed E-state index contributed by atoms with van der Waals surface area (Å²) in [5, 5.41) is 3.41. The molecule has 19 heavy (non-hydrogen) atoms. The van der Waals surface area contributed by atoms with Crippen molar-refractivity contribution in [2.24, 2.45) is 5.92 Å². The van der Waals surface area contributed by atoms with Crippen molar-refractivity contribution < 1.29 is 4.74 Å². The molecule has 0 aliphatic carbocycles. The molecule has 0 heterocycles. The molecule has 0 radical (unpaired) electrons. The first-order valence-corrected chi connectivity index (χ1v) is 7.58.